The molecule has 0 spiro atoms. The summed E-state index contributed by atoms with van der Waals surface area (Å²) in [6.07, 6.45) is 2.47. The van der Waals surface area contributed by atoms with E-state index in [0.717, 1.165) is 16.5 Å². The number of hydrogen-bond acceptors (Lipinski definition) is 2. The van der Waals surface area contributed by atoms with E-state index in [1.54, 1.807) is 16.8 Å². The number of nitriles is 1. The Morgan fingerprint density at radius 3 is 2.48 bits per heavy atom. The predicted octanol–water partition coefficient (Wildman–Crippen LogP) is 4.52. The smallest absolute Gasteiger partial charge is 0.258 e. The van der Waals surface area contributed by atoms with Crippen LogP contribution in [0.2, 0.25) is 0 Å². The maximum atomic E-state index is 13.0. The number of aromatic nitrogens is 1. The molecular formula is C26H18N2O. The summed E-state index contributed by atoms with van der Waals surface area (Å²) in [6.45, 7) is 0.425. The standard InChI is InChI=1S/C26H18N2O/c27-18-22-10-5-11-23(16-22)19-28-15-14-24-13-12-21(17-25(24)26(28)29)9-4-8-20-6-2-1-3-7-20/h1-3,5-7,10-17H,8,19H2. The number of fused-ring (bicyclic) bond motifs is 1. The van der Waals surface area contributed by atoms with Gasteiger partial charge in [-0.25, -0.2) is 0 Å². The SMILES string of the molecule is N#Cc1cccc(Cn2ccc3ccc(C#CCc4ccccc4)cc3c2=O)c1. The highest BCUT2D eigenvalue weighted by molar-refractivity contribution is 5.82. The van der Waals surface area contributed by atoms with Crippen LogP contribution in [0, 0.1) is 23.2 Å². The van der Waals surface area contributed by atoms with Crippen LogP contribution in [0.5, 0.6) is 0 Å². The second kappa shape index (κ2) is 8.30. The second-order valence-corrected chi connectivity index (χ2v) is 6.83. The Hall–Kier alpha value is -4.08. The zero-order valence-corrected chi connectivity index (χ0v) is 15.8. The van der Waals surface area contributed by atoms with Gasteiger partial charge in [-0.05, 0) is 46.8 Å². The molecule has 0 saturated heterocycles. The first-order chi connectivity index (χ1) is 14.2. The maximum Gasteiger partial charge on any atom is 0.258 e. The van der Waals surface area contributed by atoms with Gasteiger partial charge in [-0.15, -0.1) is 0 Å². The Morgan fingerprint density at radius 1 is 0.828 bits per heavy atom. The minimum Gasteiger partial charge on any atom is -0.311 e. The Bertz CT molecular complexity index is 1330. The molecule has 0 N–H and O–H groups in total. The van der Waals surface area contributed by atoms with Crippen LogP contribution in [0.3, 0.4) is 0 Å². The topological polar surface area (TPSA) is 45.8 Å². The Kier molecular flexibility index (Phi) is 5.23. The van der Waals surface area contributed by atoms with Crippen molar-refractivity contribution < 1.29 is 0 Å². The fourth-order valence-electron chi connectivity index (χ4n) is 3.26. The van der Waals surface area contributed by atoms with Crippen molar-refractivity contribution in [1.29, 1.82) is 5.26 Å². The summed E-state index contributed by atoms with van der Waals surface area (Å²) in [4.78, 5) is 13.0. The Balaban J connectivity index is 1.63. The van der Waals surface area contributed by atoms with E-state index in [9.17, 15) is 4.79 Å². The molecule has 29 heavy (non-hydrogen) atoms. The molecule has 0 saturated carbocycles. The average molecular weight is 374 g/mol. The lowest BCUT2D eigenvalue weighted by Gasteiger charge is -2.08. The molecule has 0 unspecified atom stereocenters. The van der Waals surface area contributed by atoms with Crippen LogP contribution < -0.4 is 5.56 Å². The van der Waals surface area contributed by atoms with Gasteiger partial charge in [0.05, 0.1) is 18.2 Å². The normalized spacial score (nSPS) is 10.2. The summed E-state index contributed by atoms with van der Waals surface area (Å²) in [6, 6.07) is 27.2. The van der Waals surface area contributed by atoms with E-state index in [2.05, 4.69) is 30.0 Å². The number of hydrogen-bond donors (Lipinski definition) is 0. The summed E-state index contributed by atoms with van der Waals surface area (Å²) >= 11 is 0. The minimum atomic E-state index is -0.0587. The van der Waals surface area contributed by atoms with Gasteiger partial charge in [0.2, 0.25) is 0 Å². The summed E-state index contributed by atoms with van der Waals surface area (Å²) in [5.41, 5.74) is 3.45. The zero-order chi connectivity index (χ0) is 20.1. The highest BCUT2D eigenvalue weighted by atomic mass is 16.1. The monoisotopic (exact) mass is 374 g/mol. The van der Waals surface area contributed by atoms with Gasteiger partial charge in [-0.2, -0.15) is 5.26 Å². The molecule has 1 heterocycles. The largest absolute Gasteiger partial charge is 0.311 e. The van der Waals surface area contributed by atoms with Crippen LogP contribution in [0.1, 0.15) is 22.3 Å². The van der Waals surface area contributed by atoms with Crippen LogP contribution in [0.4, 0.5) is 0 Å². The first-order valence-corrected chi connectivity index (χ1v) is 9.38. The van der Waals surface area contributed by atoms with Crippen molar-refractivity contribution >= 4 is 10.8 Å². The molecule has 3 nitrogen and oxygen atoms in total. The zero-order valence-electron chi connectivity index (χ0n) is 15.8. The summed E-state index contributed by atoms with van der Waals surface area (Å²) < 4.78 is 1.67. The van der Waals surface area contributed by atoms with E-state index in [1.165, 1.54) is 5.56 Å². The van der Waals surface area contributed by atoms with Crippen molar-refractivity contribution in [3.05, 3.63) is 118 Å². The lowest BCUT2D eigenvalue weighted by atomic mass is 10.1. The molecule has 0 bridgehead atoms. The van der Waals surface area contributed by atoms with Crippen LogP contribution in [0.15, 0.2) is 89.9 Å². The first kappa shape index (κ1) is 18.3. The van der Waals surface area contributed by atoms with Crippen molar-refractivity contribution in [3.8, 4) is 17.9 Å². The fourth-order valence-corrected chi connectivity index (χ4v) is 3.26. The van der Waals surface area contributed by atoms with Gasteiger partial charge in [0.1, 0.15) is 0 Å². The van der Waals surface area contributed by atoms with E-state index in [1.807, 2.05) is 60.7 Å². The molecule has 4 rings (SSSR count). The summed E-state index contributed by atoms with van der Waals surface area (Å²) in [7, 11) is 0. The molecule has 0 aliphatic heterocycles. The number of benzene rings is 3. The van der Waals surface area contributed by atoms with Crippen molar-refractivity contribution in [3.63, 3.8) is 0 Å². The van der Waals surface area contributed by atoms with Gasteiger partial charge >= 0.3 is 0 Å². The Labute approximate surface area is 169 Å². The van der Waals surface area contributed by atoms with Gasteiger partial charge in [-0.3, -0.25) is 4.79 Å². The molecule has 3 heteroatoms. The van der Waals surface area contributed by atoms with Gasteiger partial charge in [0.15, 0.2) is 0 Å². The molecule has 4 aromatic rings. The quantitative estimate of drug-likeness (QED) is 0.495. The van der Waals surface area contributed by atoms with Crippen molar-refractivity contribution in [2.24, 2.45) is 0 Å². The lowest BCUT2D eigenvalue weighted by molar-refractivity contribution is 0.768. The van der Waals surface area contributed by atoms with Gasteiger partial charge in [0.25, 0.3) is 5.56 Å². The van der Waals surface area contributed by atoms with Gasteiger partial charge in [-0.1, -0.05) is 60.4 Å². The highest BCUT2D eigenvalue weighted by Gasteiger charge is 2.05. The summed E-state index contributed by atoms with van der Waals surface area (Å²) in [5.74, 6) is 6.34. The van der Waals surface area contributed by atoms with Crippen molar-refractivity contribution in [1.82, 2.24) is 4.57 Å². The maximum absolute atomic E-state index is 13.0. The van der Waals surface area contributed by atoms with Gasteiger partial charge < -0.3 is 4.57 Å². The van der Waals surface area contributed by atoms with Crippen LogP contribution >= 0.6 is 0 Å². The lowest BCUT2D eigenvalue weighted by Crippen LogP contribution is -2.20. The first-order valence-electron chi connectivity index (χ1n) is 9.38. The highest BCUT2D eigenvalue weighted by Crippen LogP contribution is 2.13. The van der Waals surface area contributed by atoms with E-state index in [4.69, 9.17) is 5.26 Å². The van der Waals surface area contributed by atoms with Crippen LogP contribution in [-0.4, -0.2) is 4.57 Å². The van der Waals surface area contributed by atoms with E-state index in [-0.39, 0.29) is 5.56 Å². The molecule has 138 valence electrons. The second-order valence-electron chi connectivity index (χ2n) is 6.83. The average Bonchev–Trinajstić information content (AvgIpc) is 2.77. The summed E-state index contributed by atoms with van der Waals surface area (Å²) in [5, 5.41) is 10.6. The molecule has 0 aliphatic rings. The Morgan fingerprint density at radius 2 is 1.66 bits per heavy atom. The predicted molar refractivity (Wildman–Crippen MR) is 115 cm³/mol. The molecule has 0 radical (unpaired) electrons. The number of nitrogens with zero attached hydrogens (tertiary/aromatic N) is 2. The number of pyridine rings is 1. The molecular weight excluding hydrogens is 356 g/mol. The third-order valence-corrected chi connectivity index (χ3v) is 4.76. The van der Waals surface area contributed by atoms with Crippen LogP contribution in [-0.2, 0) is 13.0 Å². The molecule has 3 aromatic carbocycles. The molecule has 0 aliphatic carbocycles. The minimum absolute atomic E-state index is 0.0587. The van der Waals surface area contributed by atoms with E-state index < -0.39 is 0 Å². The van der Waals surface area contributed by atoms with E-state index >= 15 is 0 Å². The molecule has 0 amide bonds. The molecule has 1 aromatic heterocycles. The number of rotatable bonds is 3. The third kappa shape index (κ3) is 4.26. The van der Waals surface area contributed by atoms with Gasteiger partial charge in [0, 0.05) is 23.6 Å². The molecule has 0 atom stereocenters. The third-order valence-electron chi connectivity index (χ3n) is 4.76. The van der Waals surface area contributed by atoms with E-state index in [0.29, 0.717) is 23.9 Å². The molecule has 0 fully saturated rings. The van der Waals surface area contributed by atoms with Crippen LogP contribution in [0.25, 0.3) is 10.8 Å². The van der Waals surface area contributed by atoms with Crippen molar-refractivity contribution in [2.75, 3.05) is 0 Å². The fraction of sp³-hybridized carbons (Fsp3) is 0.0769. The van der Waals surface area contributed by atoms with Crippen molar-refractivity contribution in [2.45, 2.75) is 13.0 Å².